The van der Waals surface area contributed by atoms with Crippen molar-refractivity contribution in [2.24, 2.45) is 7.05 Å². The van der Waals surface area contributed by atoms with Crippen LogP contribution in [0.15, 0.2) is 54.7 Å². The fraction of sp³-hybridized carbons (Fsp3) is 0.360. The molecule has 4 rings (SSSR count). The maximum atomic E-state index is 13.4. The first-order chi connectivity index (χ1) is 15.0. The summed E-state index contributed by atoms with van der Waals surface area (Å²) in [6.45, 7) is 3.88. The van der Waals surface area contributed by atoms with Crippen molar-refractivity contribution < 1.29 is 13.9 Å². The Labute approximate surface area is 182 Å². The summed E-state index contributed by atoms with van der Waals surface area (Å²) in [6, 6.07) is 14.8. The van der Waals surface area contributed by atoms with Gasteiger partial charge in [-0.05, 0) is 53.8 Å². The second-order valence-corrected chi connectivity index (χ2v) is 8.08. The molecule has 1 aromatic heterocycles. The highest BCUT2D eigenvalue weighted by Gasteiger charge is 2.30. The number of benzene rings is 2. The Bertz CT molecular complexity index is 1050. The summed E-state index contributed by atoms with van der Waals surface area (Å²) in [7, 11) is 1.90. The second-order valence-electron chi connectivity index (χ2n) is 8.08. The highest BCUT2D eigenvalue weighted by atomic mass is 19.1. The van der Waals surface area contributed by atoms with Gasteiger partial charge in [0, 0.05) is 37.8 Å². The molecule has 1 unspecified atom stereocenters. The van der Waals surface area contributed by atoms with Crippen LogP contribution in [0.3, 0.4) is 0 Å². The van der Waals surface area contributed by atoms with Gasteiger partial charge in [-0.15, -0.1) is 0 Å². The Morgan fingerprint density at radius 3 is 2.65 bits per heavy atom. The van der Waals surface area contributed by atoms with E-state index >= 15 is 0 Å². The number of halogens is 1. The lowest BCUT2D eigenvalue weighted by atomic mass is 9.89. The minimum atomic E-state index is -0.248. The zero-order chi connectivity index (χ0) is 21.8. The predicted molar refractivity (Wildman–Crippen MR) is 119 cm³/mol. The molecule has 162 valence electrons. The summed E-state index contributed by atoms with van der Waals surface area (Å²) in [5, 5.41) is 4.62. The molecule has 1 fully saturated rings. The van der Waals surface area contributed by atoms with Gasteiger partial charge in [0.2, 0.25) is 0 Å². The van der Waals surface area contributed by atoms with Gasteiger partial charge in [0.25, 0.3) is 0 Å². The second kappa shape index (κ2) is 9.33. The standard InChI is InChI=1S/C25H28FN3O2/c1-3-4-15-31-25(30)29-14-11-20(17-29)22-10-7-19(18-5-8-21(26)9-6-18)16-23(22)24-12-13-28(2)27-24/h5-10,12-13,16,20H,3-4,11,14-15,17H2,1-2H3. The number of carbonyl (C=O) groups is 1. The van der Waals surface area contributed by atoms with Crippen LogP contribution >= 0.6 is 0 Å². The van der Waals surface area contributed by atoms with E-state index in [1.165, 1.54) is 17.7 Å². The predicted octanol–water partition coefficient (Wildman–Crippen LogP) is 5.62. The summed E-state index contributed by atoms with van der Waals surface area (Å²) in [6.07, 6.45) is 4.48. The summed E-state index contributed by atoms with van der Waals surface area (Å²) in [5.41, 5.74) is 5.09. The molecular weight excluding hydrogens is 393 g/mol. The lowest BCUT2D eigenvalue weighted by molar-refractivity contribution is 0.109. The molecule has 0 spiro atoms. The summed E-state index contributed by atoms with van der Waals surface area (Å²) < 4.78 is 20.5. The van der Waals surface area contributed by atoms with Crippen LogP contribution in [0.25, 0.3) is 22.4 Å². The third-order valence-electron chi connectivity index (χ3n) is 5.83. The Kier molecular flexibility index (Phi) is 6.35. The highest BCUT2D eigenvalue weighted by molar-refractivity contribution is 5.75. The van der Waals surface area contributed by atoms with Gasteiger partial charge in [0.05, 0.1) is 12.3 Å². The zero-order valence-corrected chi connectivity index (χ0v) is 18.1. The molecule has 6 heteroatoms. The minimum absolute atomic E-state index is 0.220. The number of aryl methyl sites for hydroxylation is 1. The Morgan fingerprint density at radius 1 is 1.16 bits per heavy atom. The molecular formula is C25H28FN3O2. The van der Waals surface area contributed by atoms with Crippen molar-refractivity contribution in [1.29, 1.82) is 0 Å². The van der Waals surface area contributed by atoms with Crippen LogP contribution in [-0.4, -0.2) is 40.5 Å². The van der Waals surface area contributed by atoms with E-state index in [1.54, 1.807) is 21.7 Å². The molecule has 1 atom stereocenters. The molecule has 0 radical (unpaired) electrons. The van der Waals surface area contributed by atoms with Crippen LogP contribution in [0.1, 0.15) is 37.7 Å². The average Bonchev–Trinajstić information content (AvgIpc) is 3.43. The molecule has 0 N–H and O–H groups in total. The zero-order valence-electron chi connectivity index (χ0n) is 18.1. The van der Waals surface area contributed by atoms with E-state index in [1.807, 2.05) is 19.3 Å². The topological polar surface area (TPSA) is 47.4 Å². The molecule has 3 aromatic rings. The summed E-state index contributed by atoms with van der Waals surface area (Å²) >= 11 is 0. The minimum Gasteiger partial charge on any atom is -0.449 e. The van der Waals surface area contributed by atoms with Crippen LogP contribution in [0, 0.1) is 5.82 Å². The number of nitrogens with zero attached hydrogens (tertiary/aromatic N) is 3. The Hall–Kier alpha value is -3.15. The molecule has 1 aliphatic heterocycles. The van der Waals surface area contributed by atoms with Crippen molar-refractivity contribution in [2.75, 3.05) is 19.7 Å². The maximum absolute atomic E-state index is 13.4. The molecule has 5 nitrogen and oxygen atoms in total. The molecule has 0 aliphatic carbocycles. The average molecular weight is 422 g/mol. The van der Waals surface area contributed by atoms with Crippen LogP contribution in [-0.2, 0) is 11.8 Å². The SMILES string of the molecule is CCCCOC(=O)N1CCC(c2ccc(-c3ccc(F)cc3)cc2-c2ccn(C)n2)C1. The first-order valence-electron chi connectivity index (χ1n) is 10.9. The lowest BCUT2D eigenvalue weighted by Crippen LogP contribution is -2.29. The third kappa shape index (κ3) is 4.79. The Balaban J connectivity index is 1.61. The van der Waals surface area contributed by atoms with Gasteiger partial charge in [-0.1, -0.05) is 37.6 Å². The van der Waals surface area contributed by atoms with E-state index in [0.29, 0.717) is 19.7 Å². The van der Waals surface area contributed by atoms with E-state index in [0.717, 1.165) is 41.6 Å². The number of hydrogen-bond acceptors (Lipinski definition) is 3. The van der Waals surface area contributed by atoms with E-state index in [4.69, 9.17) is 4.74 Å². The maximum Gasteiger partial charge on any atom is 0.409 e. The number of hydrogen-bond donors (Lipinski definition) is 0. The largest absolute Gasteiger partial charge is 0.449 e. The summed E-state index contributed by atoms with van der Waals surface area (Å²) in [4.78, 5) is 14.2. The smallest absolute Gasteiger partial charge is 0.409 e. The van der Waals surface area contributed by atoms with Crippen LogP contribution in [0.5, 0.6) is 0 Å². The van der Waals surface area contributed by atoms with Crippen LogP contribution < -0.4 is 0 Å². The van der Waals surface area contributed by atoms with E-state index in [2.05, 4.69) is 30.2 Å². The molecule has 31 heavy (non-hydrogen) atoms. The van der Waals surface area contributed by atoms with Gasteiger partial charge < -0.3 is 9.64 Å². The van der Waals surface area contributed by atoms with Gasteiger partial charge in [0.1, 0.15) is 5.82 Å². The van der Waals surface area contributed by atoms with Crippen molar-refractivity contribution >= 4 is 6.09 Å². The van der Waals surface area contributed by atoms with E-state index in [-0.39, 0.29) is 17.8 Å². The van der Waals surface area contributed by atoms with Crippen molar-refractivity contribution in [1.82, 2.24) is 14.7 Å². The first-order valence-corrected chi connectivity index (χ1v) is 10.9. The number of unbranched alkanes of at least 4 members (excludes halogenated alkanes) is 1. The van der Waals surface area contributed by atoms with Crippen LogP contribution in [0.2, 0.25) is 0 Å². The lowest BCUT2D eigenvalue weighted by Gasteiger charge is -2.18. The first kappa shape index (κ1) is 21.1. The third-order valence-corrected chi connectivity index (χ3v) is 5.83. The van der Waals surface area contributed by atoms with E-state index < -0.39 is 0 Å². The fourth-order valence-corrected chi connectivity index (χ4v) is 4.09. The molecule has 2 aromatic carbocycles. The van der Waals surface area contributed by atoms with Gasteiger partial charge in [0.15, 0.2) is 0 Å². The number of aromatic nitrogens is 2. The van der Waals surface area contributed by atoms with Crippen molar-refractivity contribution in [3.63, 3.8) is 0 Å². The number of amides is 1. The molecule has 2 heterocycles. The molecule has 0 bridgehead atoms. The van der Waals surface area contributed by atoms with Crippen molar-refractivity contribution in [2.45, 2.75) is 32.1 Å². The van der Waals surface area contributed by atoms with E-state index in [9.17, 15) is 9.18 Å². The van der Waals surface area contributed by atoms with Gasteiger partial charge in [-0.25, -0.2) is 9.18 Å². The van der Waals surface area contributed by atoms with Gasteiger partial charge in [-0.2, -0.15) is 5.10 Å². The number of likely N-dealkylation sites (tertiary alicyclic amines) is 1. The van der Waals surface area contributed by atoms with Crippen LogP contribution in [0.4, 0.5) is 9.18 Å². The molecule has 1 aliphatic rings. The fourth-order valence-electron chi connectivity index (χ4n) is 4.09. The molecule has 1 amide bonds. The highest BCUT2D eigenvalue weighted by Crippen LogP contribution is 2.37. The molecule has 0 saturated carbocycles. The summed E-state index contributed by atoms with van der Waals surface area (Å²) in [5.74, 6) is -0.0276. The number of carbonyl (C=O) groups excluding carboxylic acids is 1. The molecule has 1 saturated heterocycles. The van der Waals surface area contributed by atoms with Gasteiger partial charge >= 0.3 is 6.09 Å². The van der Waals surface area contributed by atoms with Crippen molar-refractivity contribution in [3.05, 3.63) is 66.1 Å². The van der Waals surface area contributed by atoms with Gasteiger partial charge in [-0.3, -0.25) is 4.68 Å². The van der Waals surface area contributed by atoms with Crippen molar-refractivity contribution in [3.8, 4) is 22.4 Å². The normalized spacial score (nSPS) is 16.0. The Morgan fingerprint density at radius 2 is 1.94 bits per heavy atom. The monoisotopic (exact) mass is 421 g/mol. The quantitative estimate of drug-likeness (QED) is 0.486. The number of ether oxygens (including phenoxy) is 1. The number of rotatable bonds is 6.